The lowest BCUT2D eigenvalue weighted by Crippen LogP contribution is -2.53. The number of benzene rings is 1. The number of amides is 1. The predicted octanol–water partition coefficient (Wildman–Crippen LogP) is 1.35. The van der Waals surface area contributed by atoms with Crippen LogP contribution in [-0.2, 0) is 19.6 Å². The highest BCUT2D eigenvalue weighted by atomic mass is 32.2. The minimum absolute atomic E-state index is 0.0204. The molecule has 2 fully saturated rings. The van der Waals surface area contributed by atoms with Gasteiger partial charge in [-0.05, 0) is 37.3 Å². The van der Waals surface area contributed by atoms with Gasteiger partial charge in [0.2, 0.25) is 15.9 Å². The van der Waals surface area contributed by atoms with Crippen molar-refractivity contribution in [1.29, 1.82) is 0 Å². The lowest BCUT2D eigenvalue weighted by Gasteiger charge is -2.37. The lowest BCUT2D eigenvalue weighted by atomic mass is 9.82. The van der Waals surface area contributed by atoms with Gasteiger partial charge in [0.1, 0.15) is 0 Å². The van der Waals surface area contributed by atoms with Gasteiger partial charge in [-0.15, -0.1) is 0 Å². The van der Waals surface area contributed by atoms with Crippen molar-refractivity contribution in [2.24, 2.45) is 23.7 Å². The van der Waals surface area contributed by atoms with E-state index in [2.05, 4.69) is 0 Å². The highest BCUT2D eigenvalue weighted by Gasteiger charge is 2.52. The third-order valence-corrected chi connectivity index (χ3v) is 8.15. The number of fused-ring (bicyclic) bond motifs is 2. The molecule has 1 aromatic rings. The van der Waals surface area contributed by atoms with E-state index in [4.69, 9.17) is 0 Å². The molecule has 4 atom stereocenters. The van der Waals surface area contributed by atoms with Gasteiger partial charge in [-0.1, -0.05) is 29.8 Å². The summed E-state index contributed by atoms with van der Waals surface area (Å²) in [5.74, 6) is -2.37. The van der Waals surface area contributed by atoms with Crippen LogP contribution in [0.5, 0.6) is 0 Å². The number of piperazine rings is 1. The Hall–Kier alpha value is -2.19. The average Bonchev–Trinajstić information content (AvgIpc) is 3.29. The molecule has 3 aliphatic rings. The summed E-state index contributed by atoms with van der Waals surface area (Å²) < 4.78 is 27.0. The number of aryl methyl sites for hydroxylation is 1. The van der Waals surface area contributed by atoms with E-state index in [1.165, 1.54) is 4.31 Å². The fourth-order valence-corrected chi connectivity index (χ4v) is 6.14. The van der Waals surface area contributed by atoms with Crippen molar-refractivity contribution in [3.05, 3.63) is 42.0 Å². The number of allylic oxidation sites excluding steroid dienone is 2. The Morgan fingerprint density at radius 1 is 0.964 bits per heavy atom. The van der Waals surface area contributed by atoms with Gasteiger partial charge in [0.15, 0.2) is 0 Å². The molecule has 1 saturated heterocycles. The molecule has 0 aromatic heterocycles. The zero-order valence-corrected chi connectivity index (χ0v) is 16.5. The van der Waals surface area contributed by atoms with Crippen LogP contribution in [0.4, 0.5) is 0 Å². The topological polar surface area (TPSA) is 95.0 Å². The van der Waals surface area contributed by atoms with E-state index in [1.807, 2.05) is 19.1 Å². The van der Waals surface area contributed by atoms with E-state index in [0.717, 1.165) is 12.0 Å². The van der Waals surface area contributed by atoms with Gasteiger partial charge in [-0.25, -0.2) is 8.42 Å². The van der Waals surface area contributed by atoms with Crippen LogP contribution in [0.15, 0.2) is 41.3 Å². The van der Waals surface area contributed by atoms with E-state index in [0.29, 0.717) is 0 Å². The SMILES string of the molecule is Cc1ccc(S(=O)(=O)N2CCN(C(=O)[C@@H]3[C@@H](C(=O)O)[C@H]4C=C[C@@H]3C4)CC2)cc1. The predicted molar refractivity (Wildman–Crippen MR) is 102 cm³/mol. The molecule has 1 heterocycles. The molecule has 7 nitrogen and oxygen atoms in total. The monoisotopic (exact) mass is 404 g/mol. The van der Waals surface area contributed by atoms with Crippen molar-refractivity contribution in [3.63, 3.8) is 0 Å². The third-order valence-electron chi connectivity index (χ3n) is 6.24. The first kappa shape index (κ1) is 19.1. The van der Waals surface area contributed by atoms with Gasteiger partial charge in [-0.2, -0.15) is 4.31 Å². The number of nitrogens with zero attached hydrogens (tertiary/aromatic N) is 2. The van der Waals surface area contributed by atoms with Crippen molar-refractivity contribution >= 4 is 21.9 Å². The summed E-state index contributed by atoms with van der Waals surface area (Å²) in [6.45, 7) is 2.91. The normalized spacial score (nSPS) is 30.0. The molecule has 2 aliphatic carbocycles. The maximum absolute atomic E-state index is 13.0. The standard InChI is InChI=1S/C20H24N2O5S/c1-13-2-6-16(7-3-13)28(26,27)22-10-8-21(9-11-22)19(23)17-14-4-5-15(12-14)18(17)20(24)25/h2-7,14-15,17-18H,8-12H2,1H3,(H,24,25)/t14-,15+,17+,18+/m1/s1. The van der Waals surface area contributed by atoms with Crippen LogP contribution in [0, 0.1) is 30.6 Å². The van der Waals surface area contributed by atoms with Crippen LogP contribution in [0.2, 0.25) is 0 Å². The molecule has 1 amide bonds. The largest absolute Gasteiger partial charge is 0.481 e. The summed E-state index contributed by atoms with van der Waals surface area (Å²) in [6, 6.07) is 6.73. The molecule has 150 valence electrons. The number of hydrogen-bond donors (Lipinski definition) is 1. The molecule has 1 aliphatic heterocycles. The molecule has 1 N–H and O–H groups in total. The molecule has 0 spiro atoms. The summed E-state index contributed by atoms with van der Waals surface area (Å²) in [5.41, 5.74) is 0.988. The van der Waals surface area contributed by atoms with Gasteiger partial charge in [-0.3, -0.25) is 9.59 Å². The number of carboxylic acid groups (broad SMARTS) is 1. The van der Waals surface area contributed by atoms with E-state index < -0.39 is 27.8 Å². The summed E-state index contributed by atoms with van der Waals surface area (Å²) in [7, 11) is -3.59. The van der Waals surface area contributed by atoms with Crippen molar-refractivity contribution < 1.29 is 23.1 Å². The fourth-order valence-electron chi connectivity index (χ4n) is 4.71. The minimum atomic E-state index is -3.59. The molecule has 0 unspecified atom stereocenters. The first-order chi connectivity index (χ1) is 13.3. The summed E-state index contributed by atoms with van der Waals surface area (Å²) in [6.07, 6.45) is 4.60. The third kappa shape index (κ3) is 3.14. The summed E-state index contributed by atoms with van der Waals surface area (Å²) in [4.78, 5) is 26.6. The molecule has 8 heteroatoms. The maximum atomic E-state index is 13.0. The molecule has 4 rings (SSSR count). The molecule has 1 saturated carbocycles. The van der Waals surface area contributed by atoms with Crippen molar-refractivity contribution in [2.75, 3.05) is 26.2 Å². The summed E-state index contributed by atoms with van der Waals surface area (Å²) >= 11 is 0. The van der Waals surface area contributed by atoms with Crippen molar-refractivity contribution in [3.8, 4) is 0 Å². The molecule has 1 aromatic carbocycles. The first-order valence-electron chi connectivity index (χ1n) is 9.56. The smallest absolute Gasteiger partial charge is 0.307 e. The molecular weight excluding hydrogens is 380 g/mol. The van der Waals surface area contributed by atoms with Crippen molar-refractivity contribution in [2.45, 2.75) is 18.2 Å². The zero-order valence-electron chi connectivity index (χ0n) is 15.7. The van der Waals surface area contributed by atoms with Gasteiger partial charge in [0.05, 0.1) is 16.7 Å². The Bertz CT molecular complexity index is 916. The highest BCUT2D eigenvalue weighted by Crippen LogP contribution is 2.48. The van der Waals surface area contributed by atoms with Crippen LogP contribution in [0.25, 0.3) is 0 Å². The Balaban J connectivity index is 1.44. The van der Waals surface area contributed by atoms with Crippen LogP contribution >= 0.6 is 0 Å². The fraction of sp³-hybridized carbons (Fsp3) is 0.500. The number of carbonyl (C=O) groups excluding carboxylic acids is 1. The number of hydrogen-bond acceptors (Lipinski definition) is 4. The second-order valence-corrected chi connectivity index (χ2v) is 9.82. The summed E-state index contributed by atoms with van der Waals surface area (Å²) in [5, 5.41) is 9.56. The van der Waals surface area contributed by atoms with E-state index in [-0.39, 0.29) is 48.8 Å². The molecular formula is C20H24N2O5S. The minimum Gasteiger partial charge on any atom is -0.481 e. The number of carbonyl (C=O) groups is 2. The second-order valence-electron chi connectivity index (χ2n) is 7.88. The highest BCUT2D eigenvalue weighted by molar-refractivity contribution is 7.89. The Kier molecular flexibility index (Phi) is 4.79. The Morgan fingerprint density at radius 2 is 1.54 bits per heavy atom. The molecule has 2 bridgehead atoms. The number of sulfonamides is 1. The average molecular weight is 404 g/mol. The number of carboxylic acids is 1. The zero-order chi connectivity index (χ0) is 20.1. The first-order valence-corrected chi connectivity index (χ1v) is 11.0. The van der Waals surface area contributed by atoms with Crippen LogP contribution in [0.1, 0.15) is 12.0 Å². The van der Waals surface area contributed by atoms with Gasteiger partial charge in [0, 0.05) is 26.2 Å². The van der Waals surface area contributed by atoms with E-state index in [1.54, 1.807) is 29.2 Å². The lowest BCUT2D eigenvalue weighted by molar-refractivity contribution is -0.151. The van der Waals surface area contributed by atoms with Crippen LogP contribution in [0.3, 0.4) is 0 Å². The number of rotatable bonds is 4. The second kappa shape index (κ2) is 7.00. The quantitative estimate of drug-likeness (QED) is 0.765. The Morgan fingerprint density at radius 3 is 2.11 bits per heavy atom. The Labute approximate surface area is 164 Å². The maximum Gasteiger partial charge on any atom is 0.307 e. The van der Waals surface area contributed by atoms with Gasteiger partial charge >= 0.3 is 5.97 Å². The molecule has 28 heavy (non-hydrogen) atoms. The molecule has 0 radical (unpaired) electrons. The van der Waals surface area contributed by atoms with Gasteiger partial charge in [0.25, 0.3) is 0 Å². The number of aliphatic carboxylic acids is 1. The van der Waals surface area contributed by atoms with E-state index >= 15 is 0 Å². The van der Waals surface area contributed by atoms with Crippen LogP contribution < -0.4 is 0 Å². The van der Waals surface area contributed by atoms with Crippen molar-refractivity contribution in [1.82, 2.24) is 9.21 Å². The van der Waals surface area contributed by atoms with E-state index in [9.17, 15) is 23.1 Å². The van der Waals surface area contributed by atoms with Crippen LogP contribution in [-0.4, -0.2) is 60.8 Å². The van der Waals surface area contributed by atoms with Gasteiger partial charge < -0.3 is 10.0 Å².